The zero-order valence-corrected chi connectivity index (χ0v) is 26.1. The van der Waals surface area contributed by atoms with Crippen LogP contribution in [0, 0.1) is 25.2 Å². The molecule has 3 heterocycles. The van der Waals surface area contributed by atoms with Gasteiger partial charge in [-0.2, -0.15) is 0 Å². The molecule has 228 valence electrons. The summed E-state index contributed by atoms with van der Waals surface area (Å²) in [4.78, 5) is 41.9. The number of hydrogen-bond donors (Lipinski definition) is 1. The van der Waals surface area contributed by atoms with Crippen LogP contribution >= 0.6 is 0 Å². The lowest BCUT2D eigenvalue weighted by Gasteiger charge is -2.44. The lowest BCUT2D eigenvalue weighted by atomic mass is 9.72. The van der Waals surface area contributed by atoms with Crippen molar-refractivity contribution in [2.45, 2.75) is 66.4 Å². The summed E-state index contributed by atoms with van der Waals surface area (Å²) in [5.41, 5.74) is 4.94. The number of ether oxygens (including phenoxy) is 3. The highest BCUT2D eigenvalue weighted by Crippen LogP contribution is 2.45. The van der Waals surface area contributed by atoms with Crippen LogP contribution in [0.25, 0.3) is 11.3 Å². The summed E-state index contributed by atoms with van der Waals surface area (Å²) >= 11 is 0. The Labute approximate surface area is 248 Å². The maximum atomic E-state index is 12.4. The van der Waals surface area contributed by atoms with Crippen LogP contribution in [0.1, 0.15) is 68.1 Å². The van der Waals surface area contributed by atoms with Crippen molar-refractivity contribution in [2.24, 2.45) is 11.3 Å². The Bertz CT molecular complexity index is 1350. The molecule has 1 aromatic carbocycles. The number of Topliss-reactive ketones (excluding diaryl/α,β-unsaturated/α-hetero) is 1. The topological polar surface area (TPSA) is 115 Å². The van der Waals surface area contributed by atoms with E-state index < -0.39 is 0 Å². The number of rotatable bonds is 5. The number of aldehydes is 1. The first-order chi connectivity index (χ1) is 20.0. The molecule has 1 amide bonds. The minimum Gasteiger partial charge on any atom is -0.497 e. The highest BCUT2D eigenvalue weighted by molar-refractivity contribution is 5.98. The number of methoxy groups -OCH3 is 2. The Balaban J connectivity index is 0.000000218. The zero-order valence-electron chi connectivity index (χ0n) is 26.1. The number of aromatic nitrogens is 1. The average Bonchev–Trinajstić information content (AvgIpc) is 2.98. The summed E-state index contributed by atoms with van der Waals surface area (Å²) < 4.78 is 16.6. The van der Waals surface area contributed by atoms with Crippen LogP contribution in [-0.2, 0) is 14.3 Å². The van der Waals surface area contributed by atoms with Gasteiger partial charge >= 0.3 is 0 Å². The number of hydrogen-bond acceptors (Lipinski definition) is 8. The van der Waals surface area contributed by atoms with Gasteiger partial charge in [-0.05, 0) is 55.9 Å². The van der Waals surface area contributed by atoms with Crippen molar-refractivity contribution in [3.8, 4) is 22.8 Å². The molecule has 1 N–H and O–H groups in total. The fraction of sp³-hybridized carbons (Fsp3) is 0.515. The van der Waals surface area contributed by atoms with Crippen molar-refractivity contribution in [3.63, 3.8) is 0 Å². The molecule has 9 heteroatoms. The van der Waals surface area contributed by atoms with Crippen molar-refractivity contribution >= 4 is 18.0 Å². The fourth-order valence-electron chi connectivity index (χ4n) is 5.84. The number of allylic oxidation sites excluding steroid dienone is 2. The van der Waals surface area contributed by atoms with Crippen LogP contribution in [0.5, 0.6) is 11.5 Å². The first-order valence-electron chi connectivity index (χ1n) is 14.3. The first kappa shape index (κ1) is 32.8. The van der Waals surface area contributed by atoms with Crippen molar-refractivity contribution in [1.29, 1.82) is 0 Å². The molecule has 1 saturated heterocycles. The van der Waals surface area contributed by atoms with Crippen molar-refractivity contribution < 1.29 is 33.7 Å². The molecule has 1 fully saturated rings. The molecule has 9 nitrogen and oxygen atoms in total. The molecule has 0 bridgehead atoms. The Morgan fingerprint density at radius 2 is 1.81 bits per heavy atom. The summed E-state index contributed by atoms with van der Waals surface area (Å²) in [6.07, 6.45) is 3.56. The second-order valence-corrected chi connectivity index (χ2v) is 11.5. The summed E-state index contributed by atoms with van der Waals surface area (Å²) in [5, 5.41) is 7.00. The zero-order chi connectivity index (χ0) is 31.2. The monoisotopic (exact) mass is 580 g/mol. The first-order valence-corrected chi connectivity index (χ1v) is 14.3. The SMILES string of the molecule is CCN1CCC2OC3=C(CC2C1=O)C(=O)CC(C)(C)C3.CO.COc1cc(C=O)nc(-c2ccc(OC)c(C)c2C)c1. The van der Waals surface area contributed by atoms with Crippen LogP contribution in [-0.4, -0.2) is 73.5 Å². The number of aliphatic hydroxyl groups is 1. The summed E-state index contributed by atoms with van der Waals surface area (Å²) in [5.74, 6) is 2.51. The molecule has 2 unspecified atom stereocenters. The van der Waals surface area contributed by atoms with Crippen molar-refractivity contribution in [2.75, 3.05) is 34.4 Å². The molecular formula is C33H44N2O7. The van der Waals surface area contributed by atoms with E-state index in [0.29, 0.717) is 24.3 Å². The lowest BCUT2D eigenvalue weighted by Crippen LogP contribution is -2.51. The number of carbonyl (C=O) groups excluding carboxylic acids is 3. The van der Waals surface area contributed by atoms with Crippen molar-refractivity contribution in [3.05, 3.63) is 52.4 Å². The van der Waals surface area contributed by atoms with E-state index in [-0.39, 0.29) is 29.1 Å². The Morgan fingerprint density at radius 3 is 2.43 bits per heavy atom. The minimum atomic E-state index is -0.146. The number of amides is 1. The largest absolute Gasteiger partial charge is 0.497 e. The third-order valence-corrected chi connectivity index (χ3v) is 8.22. The number of pyridine rings is 1. The highest BCUT2D eigenvalue weighted by Gasteiger charge is 2.46. The van der Waals surface area contributed by atoms with Crippen LogP contribution in [0.15, 0.2) is 35.6 Å². The Kier molecular flexibility index (Phi) is 10.9. The predicted molar refractivity (Wildman–Crippen MR) is 161 cm³/mol. The molecule has 3 aliphatic rings. The van der Waals surface area contributed by atoms with Gasteiger partial charge in [-0.15, -0.1) is 0 Å². The van der Waals surface area contributed by atoms with Gasteiger partial charge in [0.15, 0.2) is 12.1 Å². The maximum Gasteiger partial charge on any atom is 0.229 e. The second-order valence-electron chi connectivity index (χ2n) is 11.5. The maximum absolute atomic E-state index is 12.4. The highest BCUT2D eigenvalue weighted by atomic mass is 16.5. The number of fused-ring (bicyclic) bond motifs is 1. The van der Waals surface area contributed by atoms with Gasteiger partial charge in [-0.3, -0.25) is 14.4 Å². The normalized spacial score (nSPS) is 20.5. The lowest BCUT2D eigenvalue weighted by molar-refractivity contribution is -0.147. The van der Waals surface area contributed by atoms with Gasteiger partial charge in [0.25, 0.3) is 0 Å². The van der Waals surface area contributed by atoms with Gasteiger partial charge in [0.05, 0.1) is 25.8 Å². The Hall–Kier alpha value is -3.72. The van der Waals surface area contributed by atoms with E-state index in [1.165, 1.54) is 0 Å². The van der Waals surface area contributed by atoms with E-state index in [1.54, 1.807) is 20.3 Å². The Morgan fingerprint density at radius 1 is 1.10 bits per heavy atom. The average molecular weight is 581 g/mol. The van der Waals surface area contributed by atoms with Gasteiger partial charge in [0.2, 0.25) is 5.91 Å². The standard InChI is InChI=1S/C16H23NO3.C16H17NO3.CH4O/c1-4-17-6-5-13-11(15(17)19)7-10-12(18)8-16(2,3)9-14(10)20-13;1-10-11(2)16(20-4)6-5-14(10)15-8-13(19-3)7-12(9-18)17-15;1-2/h11,13H,4-9H2,1-3H3;5-9H,1-4H3;2H,1H3. The smallest absolute Gasteiger partial charge is 0.229 e. The van der Waals surface area contributed by atoms with Gasteiger partial charge in [0, 0.05) is 62.7 Å². The van der Waals surface area contributed by atoms with Crippen LogP contribution in [0.4, 0.5) is 0 Å². The summed E-state index contributed by atoms with van der Waals surface area (Å²) in [7, 11) is 4.22. The minimum absolute atomic E-state index is 0.0170. The number of benzene rings is 1. The number of likely N-dealkylation sites (tertiary alicyclic amines) is 1. The summed E-state index contributed by atoms with van der Waals surface area (Å²) in [6, 6.07) is 7.28. The predicted octanol–water partition coefficient (Wildman–Crippen LogP) is 5.09. The molecule has 1 aromatic heterocycles. The molecule has 2 aromatic rings. The number of nitrogens with zero attached hydrogens (tertiary/aromatic N) is 2. The number of carbonyl (C=O) groups is 3. The van der Waals surface area contributed by atoms with Gasteiger partial charge in [0.1, 0.15) is 29.1 Å². The second kappa shape index (κ2) is 14.0. The van der Waals surface area contributed by atoms with E-state index in [2.05, 4.69) is 18.8 Å². The summed E-state index contributed by atoms with van der Waals surface area (Å²) in [6.45, 7) is 11.7. The molecule has 42 heavy (non-hydrogen) atoms. The van der Waals surface area contributed by atoms with E-state index in [4.69, 9.17) is 19.3 Å². The van der Waals surface area contributed by atoms with Gasteiger partial charge in [-0.1, -0.05) is 13.8 Å². The number of aliphatic hydroxyl groups excluding tert-OH is 1. The van der Waals surface area contributed by atoms with Gasteiger partial charge < -0.3 is 24.2 Å². The molecular weight excluding hydrogens is 536 g/mol. The van der Waals surface area contributed by atoms with E-state index >= 15 is 0 Å². The fourth-order valence-corrected chi connectivity index (χ4v) is 5.84. The molecule has 0 radical (unpaired) electrons. The van der Waals surface area contributed by atoms with E-state index in [0.717, 1.165) is 78.8 Å². The number of ketones is 1. The molecule has 0 spiro atoms. The van der Waals surface area contributed by atoms with Crippen LogP contribution < -0.4 is 9.47 Å². The van der Waals surface area contributed by atoms with E-state index in [1.807, 2.05) is 43.9 Å². The third-order valence-electron chi connectivity index (χ3n) is 8.22. The third kappa shape index (κ3) is 7.01. The van der Waals surface area contributed by atoms with Gasteiger partial charge in [-0.25, -0.2) is 4.98 Å². The molecule has 2 aliphatic heterocycles. The molecule has 1 aliphatic carbocycles. The number of piperidine rings is 1. The van der Waals surface area contributed by atoms with E-state index in [9.17, 15) is 14.4 Å². The quantitative estimate of drug-likeness (QED) is 0.487. The molecule has 0 saturated carbocycles. The van der Waals surface area contributed by atoms with Crippen LogP contribution in [0.3, 0.4) is 0 Å². The molecule has 2 atom stereocenters. The van der Waals surface area contributed by atoms with Crippen molar-refractivity contribution in [1.82, 2.24) is 9.88 Å². The molecule has 5 rings (SSSR count). The van der Waals surface area contributed by atoms with Crippen LogP contribution in [0.2, 0.25) is 0 Å².